The summed E-state index contributed by atoms with van der Waals surface area (Å²) in [6.45, 7) is 1.59. The smallest absolute Gasteiger partial charge is 0.101 e. The van der Waals surface area contributed by atoms with Gasteiger partial charge in [0.15, 0.2) is 0 Å². The van der Waals surface area contributed by atoms with Crippen LogP contribution < -0.4 is 0 Å². The lowest BCUT2D eigenvalue weighted by Crippen LogP contribution is -2.30. The largest absolute Gasteiger partial charge is 0.379 e. The van der Waals surface area contributed by atoms with Crippen molar-refractivity contribution in [1.82, 2.24) is 0 Å². The van der Waals surface area contributed by atoms with Gasteiger partial charge in [-0.05, 0) is 28.1 Å². The molecule has 4 heteroatoms. The quantitative estimate of drug-likeness (QED) is 0.828. The molecule has 1 aliphatic heterocycles. The zero-order valence-corrected chi connectivity index (χ0v) is 9.77. The molecule has 0 aromatic heterocycles. The zero-order chi connectivity index (χ0) is 9.97. The van der Waals surface area contributed by atoms with Crippen molar-refractivity contribution in [1.29, 1.82) is 5.26 Å². The molecule has 1 aromatic rings. The van der Waals surface area contributed by atoms with E-state index in [9.17, 15) is 0 Å². The van der Waals surface area contributed by atoms with Crippen molar-refractivity contribution < 1.29 is 4.74 Å². The van der Waals surface area contributed by atoms with Crippen LogP contribution in [0.2, 0.25) is 0 Å². The van der Waals surface area contributed by atoms with Gasteiger partial charge in [-0.2, -0.15) is 5.26 Å². The van der Waals surface area contributed by atoms with Crippen LogP contribution >= 0.6 is 27.7 Å². The number of nitriles is 1. The third kappa shape index (κ3) is 1.95. The predicted molar refractivity (Wildman–Crippen MR) is 59.3 cm³/mol. The highest BCUT2D eigenvalue weighted by molar-refractivity contribution is 9.10. The van der Waals surface area contributed by atoms with E-state index in [1.807, 2.05) is 18.2 Å². The number of rotatable bonds is 2. The van der Waals surface area contributed by atoms with E-state index in [1.54, 1.807) is 11.8 Å². The molecule has 0 saturated carbocycles. The van der Waals surface area contributed by atoms with Gasteiger partial charge in [-0.15, -0.1) is 11.8 Å². The predicted octanol–water partition coefficient (Wildman–Crippen LogP) is 2.81. The zero-order valence-electron chi connectivity index (χ0n) is 7.37. The third-order valence-electron chi connectivity index (χ3n) is 1.99. The van der Waals surface area contributed by atoms with E-state index in [4.69, 9.17) is 10.00 Å². The Balaban J connectivity index is 2.23. The molecule has 1 aromatic carbocycles. The van der Waals surface area contributed by atoms with E-state index in [0.717, 1.165) is 28.1 Å². The van der Waals surface area contributed by atoms with Crippen LogP contribution in [0.5, 0.6) is 0 Å². The van der Waals surface area contributed by atoms with Crippen molar-refractivity contribution >= 4 is 27.7 Å². The van der Waals surface area contributed by atoms with Crippen molar-refractivity contribution in [3.8, 4) is 6.07 Å². The fourth-order valence-corrected chi connectivity index (χ4v) is 2.88. The molecule has 0 amide bonds. The maximum Gasteiger partial charge on any atom is 0.101 e. The molecule has 0 aliphatic carbocycles. The number of nitrogens with zero attached hydrogens (tertiary/aromatic N) is 1. The first-order chi connectivity index (χ1) is 6.81. The standard InChI is InChI=1S/C10H8BrNOS/c11-9-2-1-3-10(8(9)4-12)14-7-5-13-6-7/h1-3,7H,5-6H2. The number of thioether (sulfide) groups is 1. The van der Waals surface area contributed by atoms with Gasteiger partial charge < -0.3 is 4.74 Å². The van der Waals surface area contributed by atoms with Crippen LogP contribution in [-0.4, -0.2) is 18.5 Å². The van der Waals surface area contributed by atoms with Crippen LogP contribution in [0.1, 0.15) is 5.56 Å². The molecule has 2 nitrogen and oxygen atoms in total. The second kappa shape index (κ2) is 4.35. The lowest BCUT2D eigenvalue weighted by atomic mass is 10.2. The lowest BCUT2D eigenvalue weighted by molar-refractivity contribution is 0.0455. The highest BCUT2D eigenvalue weighted by Gasteiger charge is 2.21. The molecular weight excluding hydrogens is 262 g/mol. The first-order valence-corrected chi connectivity index (χ1v) is 5.91. The highest BCUT2D eigenvalue weighted by Crippen LogP contribution is 2.33. The van der Waals surface area contributed by atoms with Crippen LogP contribution in [0.3, 0.4) is 0 Å². The molecule has 72 valence electrons. The summed E-state index contributed by atoms with van der Waals surface area (Å²) < 4.78 is 5.96. The van der Waals surface area contributed by atoms with Crippen LogP contribution in [0.15, 0.2) is 27.6 Å². The summed E-state index contributed by atoms with van der Waals surface area (Å²) >= 11 is 5.09. The first-order valence-electron chi connectivity index (χ1n) is 4.24. The fourth-order valence-electron chi connectivity index (χ4n) is 1.17. The summed E-state index contributed by atoms with van der Waals surface area (Å²) in [4.78, 5) is 1.04. The number of benzene rings is 1. The molecular formula is C10H8BrNOS. The first kappa shape index (κ1) is 10.0. The summed E-state index contributed by atoms with van der Waals surface area (Å²) in [5.74, 6) is 0. The SMILES string of the molecule is N#Cc1c(Br)cccc1SC1COC1. The molecule has 0 unspecified atom stereocenters. The van der Waals surface area contributed by atoms with Gasteiger partial charge in [-0.3, -0.25) is 0 Å². The van der Waals surface area contributed by atoms with Gasteiger partial charge in [-0.1, -0.05) is 6.07 Å². The maximum absolute atomic E-state index is 8.98. The Labute approximate surface area is 95.4 Å². The van der Waals surface area contributed by atoms with Crippen LogP contribution in [0.25, 0.3) is 0 Å². The third-order valence-corrected chi connectivity index (χ3v) is 3.85. The molecule has 1 aliphatic rings. The van der Waals surface area contributed by atoms with Gasteiger partial charge >= 0.3 is 0 Å². The monoisotopic (exact) mass is 269 g/mol. The fraction of sp³-hybridized carbons (Fsp3) is 0.300. The van der Waals surface area contributed by atoms with Gasteiger partial charge in [0, 0.05) is 9.37 Å². The van der Waals surface area contributed by atoms with Crippen LogP contribution in [0.4, 0.5) is 0 Å². The number of hydrogen-bond acceptors (Lipinski definition) is 3. The summed E-state index contributed by atoms with van der Waals surface area (Å²) in [6.07, 6.45) is 0. The Bertz CT molecular complexity index is 384. The summed E-state index contributed by atoms with van der Waals surface area (Å²) in [5, 5.41) is 9.49. The van der Waals surface area contributed by atoms with Gasteiger partial charge in [0.25, 0.3) is 0 Å². The van der Waals surface area contributed by atoms with Crippen LogP contribution in [0, 0.1) is 11.3 Å². The maximum atomic E-state index is 8.98. The number of halogens is 1. The van der Waals surface area contributed by atoms with Crippen molar-refractivity contribution in [2.75, 3.05) is 13.2 Å². The van der Waals surface area contributed by atoms with E-state index in [0.29, 0.717) is 5.25 Å². The highest BCUT2D eigenvalue weighted by atomic mass is 79.9. The van der Waals surface area contributed by atoms with Crippen molar-refractivity contribution in [2.45, 2.75) is 10.1 Å². The van der Waals surface area contributed by atoms with Gasteiger partial charge in [0.05, 0.1) is 24.0 Å². The Morgan fingerprint density at radius 3 is 2.86 bits per heavy atom. The molecule has 1 saturated heterocycles. The van der Waals surface area contributed by atoms with Gasteiger partial charge in [-0.25, -0.2) is 0 Å². The van der Waals surface area contributed by atoms with E-state index in [1.165, 1.54) is 0 Å². The molecule has 0 N–H and O–H groups in total. The molecule has 14 heavy (non-hydrogen) atoms. The Kier molecular flexibility index (Phi) is 3.12. The van der Waals surface area contributed by atoms with Crippen LogP contribution in [-0.2, 0) is 4.74 Å². The second-order valence-electron chi connectivity index (χ2n) is 3.00. The average Bonchev–Trinajstić information content (AvgIpc) is 2.11. The van der Waals surface area contributed by atoms with Gasteiger partial charge in [0.1, 0.15) is 6.07 Å². The Hall–Kier alpha value is -0.500. The van der Waals surface area contributed by atoms with Gasteiger partial charge in [0.2, 0.25) is 0 Å². The lowest BCUT2D eigenvalue weighted by Gasteiger charge is -2.25. The molecule has 1 fully saturated rings. The van der Waals surface area contributed by atoms with E-state index < -0.39 is 0 Å². The topological polar surface area (TPSA) is 33.0 Å². The van der Waals surface area contributed by atoms with E-state index in [-0.39, 0.29) is 0 Å². The van der Waals surface area contributed by atoms with Crippen molar-refractivity contribution in [2.24, 2.45) is 0 Å². The second-order valence-corrected chi connectivity index (χ2v) is 5.20. The minimum Gasteiger partial charge on any atom is -0.379 e. The molecule has 2 rings (SSSR count). The number of hydrogen-bond donors (Lipinski definition) is 0. The minimum atomic E-state index is 0.511. The molecule has 0 spiro atoms. The summed E-state index contributed by atoms with van der Waals surface area (Å²) in [5.41, 5.74) is 0.726. The van der Waals surface area contributed by atoms with E-state index in [2.05, 4.69) is 22.0 Å². The normalized spacial score (nSPS) is 16.0. The summed E-state index contributed by atoms with van der Waals surface area (Å²) in [7, 11) is 0. The molecule has 0 bridgehead atoms. The Morgan fingerprint density at radius 1 is 1.50 bits per heavy atom. The number of ether oxygens (including phenoxy) is 1. The van der Waals surface area contributed by atoms with Crippen molar-refractivity contribution in [3.05, 3.63) is 28.2 Å². The minimum absolute atomic E-state index is 0.511. The molecule has 1 heterocycles. The Morgan fingerprint density at radius 2 is 2.29 bits per heavy atom. The van der Waals surface area contributed by atoms with Crippen molar-refractivity contribution in [3.63, 3.8) is 0 Å². The average molecular weight is 270 g/mol. The summed E-state index contributed by atoms with van der Waals surface area (Å²) in [6, 6.07) is 8.03. The molecule has 0 radical (unpaired) electrons. The van der Waals surface area contributed by atoms with E-state index >= 15 is 0 Å². The molecule has 0 atom stereocenters.